The highest BCUT2D eigenvalue weighted by atomic mass is 35.5. The molecule has 1 fully saturated rings. The Labute approximate surface area is 183 Å². The lowest BCUT2D eigenvalue weighted by Gasteiger charge is -2.33. The molecule has 0 unspecified atom stereocenters. The van der Waals surface area contributed by atoms with Crippen LogP contribution in [-0.4, -0.2) is 66.6 Å². The lowest BCUT2D eigenvalue weighted by atomic mass is 10.3. The van der Waals surface area contributed by atoms with E-state index in [2.05, 4.69) is 5.10 Å². The van der Waals surface area contributed by atoms with Crippen LogP contribution in [0.1, 0.15) is 10.5 Å². The highest BCUT2D eigenvalue weighted by Crippen LogP contribution is 2.28. The van der Waals surface area contributed by atoms with E-state index in [0.717, 1.165) is 22.8 Å². The number of carbonyl (C=O) groups is 1. The first-order valence-corrected chi connectivity index (χ1v) is 11.8. The molecule has 0 radical (unpaired) electrons. The van der Waals surface area contributed by atoms with Crippen LogP contribution in [0.3, 0.4) is 0 Å². The van der Waals surface area contributed by atoms with Gasteiger partial charge in [0.25, 0.3) is 15.9 Å². The minimum atomic E-state index is -3.59. The van der Waals surface area contributed by atoms with Crippen molar-refractivity contribution in [3.8, 4) is 11.4 Å². The third-order valence-electron chi connectivity index (χ3n) is 4.81. The third-order valence-corrected chi connectivity index (χ3v) is 8.41. The summed E-state index contributed by atoms with van der Waals surface area (Å²) in [6.45, 7) is 1.05. The van der Waals surface area contributed by atoms with Crippen molar-refractivity contribution in [3.63, 3.8) is 0 Å². The summed E-state index contributed by atoms with van der Waals surface area (Å²) in [4.78, 5) is 14.4. The summed E-state index contributed by atoms with van der Waals surface area (Å²) in [7, 11) is -2.00. The lowest BCUT2D eigenvalue weighted by Crippen LogP contribution is -2.50. The number of halogens is 1. The molecule has 1 aliphatic heterocycles. The smallest absolute Gasteiger partial charge is 0.274 e. The van der Waals surface area contributed by atoms with Gasteiger partial charge in [0.05, 0.1) is 17.1 Å². The van der Waals surface area contributed by atoms with E-state index in [-0.39, 0.29) is 23.2 Å². The van der Waals surface area contributed by atoms with Gasteiger partial charge >= 0.3 is 0 Å². The van der Waals surface area contributed by atoms with Gasteiger partial charge in [-0.2, -0.15) is 9.40 Å². The second kappa shape index (κ2) is 8.38. The predicted octanol–water partition coefficient (Wildman–Crippen LogP) is 2.74. The monoisotopic (exact) mass is 466 g/mol. The summed E-state index contributed by atoms with van der Waals surface area (Å²) < 4.78 is 34.2. The number of hydrogen-bond acceptors (Lipinski definition) is 6. The molecule has 30 heavy (non-hydrogen) atoms. The molecule has 1 amide bonds. The van der Waals surface area contributed by atoms with Gasteiger partial charge in [0.2, 0.25) is 0 Å². The van der Waals surface area contributed by atoms with Crippen LogP contribution in [0.4, 0.5) is 0 Å². The molecule has 1 saturated heterocycles. The second-order valence-electron chi connectivity index (χ2n) is 6.60. The predicted molar refractivity (Wildman–Crippen MR) is 114 cm³/mol. The van der Waals surface area contributed by atoms with Crippen LogP contribution in [0.5, 0.6) is 5.75 Å². The summed E-state index contributed by atoms with van der Waals surface area (Å²) in [5, 5.41) is 4.37. The van der Waals surface area contributed by atoms with Gasteiger partial charge in [-0.3, -0.25) is 4.79 Å². The molecule has 1 aliphatic rings. The third kappa shape index (κ3) is 4.08. The van der Waals surface area contributed by atoms with Gasteiger partial charge in [0.1, 0.15) is 9.96 Å². The zero-order valence-electron chi connectivity index (χ0n) is 16.1. The molecule has 1 aromatic carbocycles. The molecule has 11 heteroatoms. The van der Waals surface area contributed by atoms with Crippen molar-refractivity contribution in [2.45, 2.75) is 4.21 Å². The van der Waals surface area contributed by atoms with E-state index in [1.54, 1.807) is 35.0 Å². The Hall–Kier alpha value is -2.40. The quantitative estimate of drug-likeness (QED) is 0.577. The minimum absolute atomic E-state index is 0.213. The Morgan fingerprint density at radius 2 is 1.77 bits per heavy atom. The number of piperazine rings is 1. The number of sulfonamides is 1. The van der Waals surface area contributed by atoms with Crippen molar-refractivity contribution in [3.05, 3.63) is 58.7 Å². The lowest BCUT2D eigenvalue weighted by molar-refractivity contribution is 0.0691. The van der Waals surface area contributed by atoms with Crippen LogP contribution in [0.25, 0.3) is 5.69 Å². The molecule has 8 nitrogen and oxygen atoms in total. The van der Waals surface area contributed by atoms with Gasteiger partial charge in [-0.25, -0.2) is 13.1 Å². The fraction of sp³-hybridized carbons (Fsp3) is 0.263. The summed E-state index contributed by atoms with van der Waals surface area (Å²) in [5.74, 6) is 0.512. The van der Waals surface area contributed by atoms with Gasteiger partial charge < -0.3 is 9.64 Å². The maximum atomic E-state index is 12.8. The number of rotatable bonds is 5. The van der Waals surface area contributed by atoms with Gasteiger partial charge in [0.15, 0.2) is 5.69 Å². The summed E-state index contributed by atoms with van der Waals surface area (Å²) >= 11 is 6.90. The average molecular weight is 467 g/mol. The van der Waals surface area contributed by atoms with Crippen molar-refractivity contribution in [2.24, 2.45) is 0 Å². The molecule has 0 aliphatic carbocycles. The number of benzene rings is 1. The molecule has 0 spiro atoms. The number of amides is 1. The maximum Gasteiger partial charge on any atom is 0.274 e. The van der Waals surface area contributed by atoms with Gasteiger partial charge in [0, 0.05) is 32.4 Å². The fourth-order valence-electron chi connectivity index (χ4n) is 3.17. The molecule has 2 aromatic heterocycles. The van der Waals surface area contributed by atoms with E-state index >= 15 is 0 Å². The SMILES string of the molecule is COc1ccc(-n2ccc(C(=O)N3CCN(S(=O)(=O)c4ccc(Cl)s4)CC3)n2)cc1. The standard InChI is InChI=1S/C19H19ClN4O4S2/c1-28-15-4-2-14(3-5-15)24-9-8-16(21-24)19(25)22-10-12-23(13-11-22)30(26,27)18-7-6-17(20)29-18/h2-9H,10-13H2,1H3. The van der Waals surface area contributed by atoms with E-state index < -0.39 is 10.0 Å². The molecular weight excluding hydrogens is 448 g/mol. The van der Waals surface area contributed by atoms with E-state index in [1.165, 1.54) is 10.4 Å². The number of nitrogens with zero attached hydrogens (tertiary/aromatic N) is 4. The molecule has 0 atom stereocenters. The van der Waals surface area contributed by atoms with Gasteiger partial charge in [-0.1, -0.05) is 11.6 Å². The van der Waals surface area contributed by atoms with Crippen molar-refractivity contribution < 1.29 is 17.9 Å². The molecule has 0 N–H and O–H groups in total. The molecule has 0 saturated carbocycles. The number of thiophene rings is 1. The number of hydrogen-bond donors (Lipinski definition) is 0. The van der Waals surface area contributed by atoms with Crippen molar-refractivity contribution >= 4 is 38.9 Å². The van der Waals surface area contributed by atoms with Crippen LogP contribution >= 0.6 is 22.9 Å². The van der Waals surface area contributed by atoms with Gasteiger partial charge in [-0.15, -0.1) is 11.3 Å². The molecule has 4 rings (SSSR count). The zero-order valence-corrected chi connectivity index (χ0v) is 18.5. The van der Waals surface area contributed by atoms with Crippen LogP contribution in [0, 0.1) is 0 Å². The van der Waals surface area contributed by atoms with E-state index in [0.29, 0.717) is 23.1 Å². The largest absolute Gasteiger partial charge is 0.497 e. The van der Waals surface area contributed by atoms with Crippen LogP contribution in [0.15, 0.2) is 52.9 Å². The highest BCUT2D eigenvalue weighted by molar-refractivity contribution is 7.91. The average Bonchev–Trinajstić information content (AvgIpc) is 3.43. The fourth-order valence-corrected chi connectivity index (χ4v) is 6.23. The minimum Gasteiger partial charge on any atom is -0.497 e. The first-order chi connectivity index (χ1) is 14.4. The van der Waals surface area contributed by atoms with E-state index in [4.69, 9.17) is 16.3 Å². The van der Waals surface area contributed by atoms with E-state index in [1.807, 2.05) is 24.3 Å². The normalized spacial score (nSPS) is 15.3. The number of carbonyl (C=O) groups excluding carboxylic acids is 1. The van der Waals surface area contributed by atoms with Crippen molar-refractivity contribution in [1.29, 1.82) is 0 Å². The molecule has 0 bridgehead atoms. The van der Waals surface area contributed by atoms with Crippen LogP contribution in [-0.2, 0) is 10.0 Å². The summed E-state index contributed by atoms with van der Waals surface area (Å²) in [6.07, 6.45) is 1.72. The summed E-state index contributed by atoms with van der Waals surface area (Å²) in [6, 6.07) is 12.1. The van der Waals surface area contributed by atoms with Crippen molar-refractivity contribution in [2.75, 3.05) is 33.3 Å². The number of aromatic nitrogens is 2. The first-order valence-electron chi connectivity index (χ1n) is 9.13. The van der Waals surface area contributed by atoms with E-state index in [9.17, 15) is 13.2 Å². The molecular formula is C19H19ClN4O4S2. The first kappa shape index (κ1) is 20.9. The Kier molecular flexibility index (Phi) is 5.83. The maximum absolute atomic E-state index is 12.8. The van der Waals surface area contributed by atoms with Crippen LogP contribution in [0.2, 0.25) is 4.34 Å². The highest BCUT2D eigenvalue weighted by Gasteiger charge is 2.32. The number of ether oxygens (including phenoxy) is 1. The Morgan fingerprint density at radius 1 is 1.07 bits per heavy atom. The van der Waals surface area contributed by atoms with Crippen LogP contribution < -0.4 is 4.74 Å². The zero-order chi connectivity index (χ0) is 21.3. The number of methoxy groups -OCH3 is 1. The Morgan fingerprint density at radius 3 is 2.37 bits per heavy atom. The second-order valence-corrected chi connectivity index (χ2v) is 10.5. The summed E-state index contributed by atoms with van der Waals surface area (Å²) in [5.41, 5.74) is 1.12. The molecule has 3 aromatic rings. The van der Waals surface area contributed by atoms with Gasteiger partial charge in [-0.05, 0) is 42.5 Å². The van der Waals surface area contributed by atoms with Crippen molar-refractivity contribution in [1.82, 2.24) is 19.0 Å². The Bertz CT molecular complexity index is 1150. The molecule has 158 valence electrons. The topological polar surface area (TPSA) is 84.7 Å². The Balaban J connectivity index is 1.41. The molecule has 3 heterocycles.